The van der Waals surface area contributed by atoms with Gasteiger partial charge in [-0.25, -0.2) is 9.97 Å². The van der Waals surface area contributed by atoms with Gasteiger partial charge in [-0.05, 0) is 36.6 Å². The van der Waals surface area contributed by atoms with E-state index < -0.39 is 0 Å². The van der Waals surface area contributed by atoms with Crippen LogP contribution in [0.15, 0.2) is 42.7 Å². The van der Waals surface area contributed by atoms with Crippen LogP contribution >= 0.6 is 12.4 Å². The van der Waals surface area contributed by atoms with Crippen molar-refractivity contribution < 1.29 is 9.47 Å². The summed E-state index contributed by atoms with van der Waals surface area (Å²) in [5.74, 6) is 0.748. The normalized spacial score (nSPS) is 17.0. The molecule has 2 aromatic rings. The van der Waals surface area contributed by atoms with Crippen LogP contribution in [0.4, 0.5) is 0 Å². The van der Waals surface area contributed by atoms with Crippen molar-refractivity contribution in [1.82, 2.24) is 15.3 Å². The minimum Gasteiger partial charge on any atom is -0.424 e. The van der Waals surface area contributed by atoms with E-state index in [2.05, 4.69) is 21.4 Å². The fourth-order valence-corrected chi connectivity index (χ4v) is 2.35. The quantitative estimate of drug-likeness (QED) is 0.886. The van der Waals surface area contributed by atoms with E-state index in [1.54, 1.807) is 18.5 Å². The lowest BCUT2D eigenvalue weighted by molar-refractivity contribution is 0.110. The Labute approximate surface area is 136 Å². The predicted octanol–water partition coefficient (Wildman–Crippen LogP) is 2.96. The number of aromatic nitrogens is 2. The van der Waals surface area contributed by atoms with Gasteiger partial charge in [0.15, 0.2) is 0 Å². The lowest BCUT2D eigenvalue weighted by atomic mass is 10.2. The lowest BCUT2D eigenvalue weighted by Gasteiger charge is -2.11. The second-order valence-electron chi connectivity index (χ2n) is 5.05. The monoisotopic (exact) mass is 321 g/mol. The number of nitrogens with one attached hydrogen (secondary N) is 1. The topological polar surface area (TPSA) is 56.3 Å². The summed E-state index contributed by atoms with van der Waals surface area (Å²) in [7, 11) is 0. The molecular formula is C16H20ClN3O2. The van der Waals surface area contributed by atoms with Gasteiger partial charge in [-0.1, -0.05) is 12.1 Å². The summed E-state index contributed by atoms with van der Waals surface area (Å²) in [6, 6.07) is 10.1. The van der Waals surface area contributed by atoms with Crippen molar-refractivity contribution >= 4 is 12.4 Å². The Morgan fingerprint density at radius 3 is 2.86 bits per heavy atom. The van der Waals surface area contributed by atoms with Crippen LogP contribution in [0.2, 0.25) is 0 Å². The van der Waals surface area contributed by atoms with Crippen molar-refractivity contribution in [2.75, 3.05) is 13.2 Å². The number of rotatable bonds is 6. The van der Waals surface area contributed by atoms with E-state index >= 15 is 0 Å². The summed E-state index contributed by atoms with van der Waals surface area (Å²) in [5.41, 5.74) is 1.17. The average molecular weight is 322 g/mol. The highest BCUT2D eigenvalue weighted by molar-refractivity contribution is 5.85. The molecule has 0 amide bonds. The first-order valence-corrected chi connectivity index (χ1v) is 7.26. The van der Waals surface area contributed by atoms with Gasteiger partial charge in [-0.15, -0.1) is 12.4 Å². The molecule has 0 spiro atoms. The third kappa shape index (κ3) is 4.94. The molecule has 1 N–H and O–H groups in total. The van der Waals surface area contributed by atoms with E-state index in [9.17, 15) is 0 Å². The minimum atomic E-state index is 0. The molecule has 6 heteroatoms. The van der Waals surface area contributed by atoms with Crippen molar-refractivity contribution in [3.8, 4) is 11.8 Å². The summed E-state index contributed by atoms with van der Waals surface area (Å²) in [4.78, 5) is 8.11. The number of hydrogen-bond donors (Lipinski definition) is 1. The van der Waals surface area contributed by atoms with Crippen LogP contribution in [-0.4, -0.2) is 29.2 Å². The molecule has 3 rings (SSSR count). The maximum Gasteiger partial charge on any atom is 0.321 e. The lowest BCUT2D eigenvalue weighted by Crippen LogP contribution is -2.25. The van der Waals surface area contributed by atoms with Crippen LogP contribution in [0.3, 0.4) is 0 Å². The van der Waals surface area contributed by atoms with Crippen molar-refractivity contribution in [2.24, 2.45) is 0 Å². The first kappa shape index (κ1) is 16.7. The Kier molecular flexibility index (Phi) is 6.58. The minimum absolute atomic E-state index is 0. The van der Waals surface area contributed by atoms with Crippen molar-refractivity contribution in [2.45, 2.75) is 25.5 Å². The summed E-state index contributed by atoms with van der Waals surface area (Å²) < 4.78 is 11.2. The smallest absolute Gasteiger partial charge is 0.321 e. The largest absolute Gasteiger partial charge is 0.424 e. The van der Waals surface area contributed by atoms with Gasteiger partial charge in [0.05, 0.1) is 6.10 Å². The van der Waals surface area contributed by atoms with E-state index in [1.807, 2.05) is 18.2 Å². The Bertz CT molecular complexity index is 562. The van der Waals surface area contributed by atoms with Crippen molar-refractivity contribution in [3.05, 3.63) is 48.3 Å². The molecule has 118 valence electrons. The van der Waals surface area contributed by atoms with Gasteiger partial charge in [0, 0.05) is 32.1 Å². The third-order valence-corrected chi connectivity index (χ3v) is 3.37. The van der Waals surface area contributed by atoms with Gasteiger partial charge in [0.2, 0.25) is 0 Å². The fourth-order valence-electron chi connectivity index (χ4n) is 2.35. The molecule has 5 nitrogen and oxygen atoms in total. The zero-order chi connectivity index (χ0) is 14.3. The van der Waals surface area contributed by atoms with Crippen molar-refractivity contribution in [3.63, 3.8) is 0 Å². The van der Waals surface area contributed by atoms with Gasteiger partial charge in [0.1, 0.15) is 5.75 Å². The third-order valence-electron chi connectivity index (χ3n) is 3.37. The average Bonchev–Trinajstić information content (AvgIpc) is 3.02. The van der Waals surface area contributed by atoms with Crippen LogP contribution < -0.4 is 10.1 Å². The molecule has 1 unspecified atom stereocenters. The van der Waals surface area contributed by atoms with Gasteiger partial charge < -0.3 is 14.8 Å². The highest BCUT2D eigenvalue weighted by Crippen LogP contribution is 2.18. The number of nitrogens with zero attached hydrogens (tertiary/aromatic N) is 2. The highest BCUT2D eigenvalue weighted by Gasteiger charge is 2.14. The first-order chi connectivity index (χ1) is 10.4. The summed E-state index contributed by atoms with van der Waals surface area (Å²) >= 11 is 0. The molecule has 2 heterocycles. The Hall–Kier alpha value is -1.69. The van der Waals surface area contributed by atoms with Crippen LogP contribution in [0, 0.1) is 0 Å². The van der Waals surface area contributed by atoms with Crippen LogP contribution in [0.25, 0.3) is 0 Å². The fraction of sp³-hybridized carbons (Fsp3) is 0.375. The number of hydrogen-bond acceptors (Lipinski definition) is 5. The standard InChI is InChI=1S/C16H19N3O2.ClH/c1-4-13(11-17-12-15-6-2-9-20-15)10-14(5-1)21-16-18-7-3-8-19-16;/h1,3-5,7-8,10,15,17H,2,6,9,11-12H2;1H. The maximum atomic E-state index is 5.62. The second-order valence-corrected chi connectivity index (χ2v) is 5.05. The molecule has 0 bridgehead atoms. The highest BCUT2D eigenvalue weighted by atomic mass is 35.5. The van der Waals surface area contributed by atoms with Gasteiger partial charge >= 0.3 is 6.01 Å². The molecule has 1 saturated heterocycles. The summed E-state index contributed by atoms with van der Waals surface area (Å²) in [6.45, 7) is 2.59. The number of halogens is 1. The van der Waals surface area contributed by atoms with E-state index in [4.69, 9.17) is 9.47 Å². The Balaban J connectivity index is 0.00000176. The Morgan fingerprint density at radius 2 is 2.09 bits per heavy atom. The molecule has 1 aliphatic heterocycles. The molecular weight excluding hydrogens is 302 g/mol. The molecule has 1 aromatic heterocycles. The van der Waals surface area contributed by atoms with E-state index in [0.29, 0.717) is 12.1 Å². The zero-order valence-electron chi connectivity index (χ0n) is 12.3. The molecule has 1 aromatic carbocycles. The number of ether oxygens (including phenoxy) is 2. The maximum absolute atomic E-state index is 5.62. The molecule has 1 fully saturated rings. The number of benzene rings is 1. The van der Waals surface area contributed by atoms with Gasteiger partial charge in [0.25, 0.3) is 0 Å². The SMILES string of the molecule is Cl.c1cnc(Oc2cccc(CNCC3CCCO3)c2)nc1. The van der Waals surface area contributed by atoms with Gasteiger partial charge in [-0.2, -0.15) is 0 Å². The summed E-state index contributed by atoms with van der Waals surface area (Å²) in [5, 5.41) is 3.42. The second kappa shape index (κ2) is 8.68. The van der Waals surface area contributed by atoms with Crippen LogP contribution in [0.1, 0.15) is 18.4 Å². The van der Waals surface area contributed by atoms with E-state index in [0.717, 1.165) is 31.9 Å². The van der Waals surface area contributed by atoms with Gasteiger partial charge in [-0.3, -0.25) is 0 Å². The van der Waals surface area contributed by atoms with Crippen LogP contribution in [0.5, 0.6) is 11.8 Å². The molecule has 0 saturated carbocycles. The Morgan fingerprint density at radius 1 is 1.23 bits per heavy atom. The van der Waals surface area contributed by atoms with E-state index in [-0.39, 0.29) is 12.4 Å². The molecule has 22 heavy (non-hydrogen) atoms. The summed E-state index contributed by atoms with van der Waals surface area (Å²) in [6.07, 6.45) is 6.01. The molecule has 0 radical (unpaired) electrons. The molecule has 0 aliphatic carbocycles. The van der Waals surface area contributed by atoms with E-state index in [1.165, 1.54) is 12.0 Å². The van der Waals surface area contributed by atoms with Crippen LogP contribution in [-0.2, 0) is 11.3 Å². The first-order valence-electron chi connectivity index (χ1n) is 7.26. The molecule has 1 atom stereocenters. The van der Waals surface area contributed by atoms with Crippen molar-refractivity contribution in [1.29, 1.82) is 0 Å². The predicted molar refractivity (Wildman–Crippen MR) is 86.5 cm³/mol. The molecule has 1 aliphatic rings. The zero-order valence-corrected chi connectivity index (χ0v) is 13.1.